The Morgan fingerprint density at radius 1 is 1.03 bits per heavy atom. The van der Waals surface area contributed by atoms with Gasteiger partial charge in [-0.05, 0) is 41.5 Å². The third-order valence-corrected chi connectivity index (χ3v) is 4.81. The van der Waals surface area contributed by atoms with Crippen LogP contribution in [0.5, 0.6) is 5.75 Å². The summed E-state index contributed by atoms with van der Waals surface area (Å²) in [4.78, 5) is 16.4. The smallest absolute Gasteiger partial charge is 0.417 e. The first-order chi connectivity index (χ1) is 15.9. The SMILES string of the molecule is O=C(/C=C/c1cccc(OCc2ccccc2)c1)NCc1cn2cc(C(F)(F)F)ccc2n1. The van der Waals surface area contributed by atoms with Gasteiger partial charge in [0, 0.05) is 18.5 Å². The van der Waals surface area contributed by atoms with E-state index in [1.807, 2.05) is 54.6 Å². The van der Waals surface area contributed by atoms with Crippen LogP contribution in [0, 0.1) is 0 Å². The molecule has 168 valence electrons. The molecular weight excluding hydrogens is 431 g/mol. The van der Waals surface area contributed by atoms with Gasteiger partial charge in [0.25, 0.3) is 0 Å². The van der Waals surface area contributed by atoms with Crippen molar-refractivity contribution < 1.29 is 22.7 Å². The molecule has 2 aromatic carbocycles. The first kappa shape index (κ1) is 22.1. The van der Waals surface area contributed by atoms with E-state index in [1.54, 1.807) is 6.08 Å². The van der Waals surface area contributed by atoms with Crippen LogP contribution < -0.4 is 10.1 Å². The Bertz CT molecular complexity index is 1280. The van der Waals surface area contributed by atoms with Crippen molar-refractivity contribution in [2.45, 2.75) is 19.3 Å². The van der Waals surface area contributed by atoms with E-state index in [0.717, 1.165) is 23.4 Å². The van der Waals surface area contributed by atoms with Crippen LogP contribution in [0.3, 0.4) is 0 Å². The lowest BCUT2D eigenvalue weighted by Crippen LogP contribution is -2.20. The fourth-order valence-electron chi connectivity index (χ4n) is 3.15. The van der Waals surface area contributed by atoms with Gasteiger partial charge < -0.3 is 14.5 Å². The molecule has 8 heteroatoms. The molecule has 33 heavy (non-hydrogen) atoms. The van der Waals surface area contributed by atoms with Crippen LogP contribution in [-0.4, -0.2) is 15.3 Å². The molecule has 0 spiro atoms. The zero-order chi connectivity index (χ0) is 23.3. The summed E-state index contributed by atoms with van der Waals surface area (Å²) in [6.45, 7) is 0.532. The Balaban J connectivity index is 1.33. The van der Waals surface area contributed by atoms with Gasteiger partial charge in [-0.1, -0.05) is 42.5 Å². The third kappa shape index (κ3) is 6.00. The molecule has 2 heterocycles. The lowest BCUT2D eigenvalue weighted by molar-refractivity contribution is -0.137. The van der Waals surface area contributed by atoms with Gasteiger partial charge in [-0.2, -0.15) is 13.2 Å². The number of ether oxygens (including phenoxy) is 1. The average Bonchev–Trinajstić information content (AvgIpc) is 3.23. The predicted octanol–water partition coefficient (Wildman–Crippen LogP) is 5.26. The standard InChI is InChI=1S/C25H20F3N3O2/c26-25(27,28)20-10-11-23-30-21(16-31(23)15-20)14-29-24(32)12-9-18-7-4-8-22(13-18)33-17-19-5-2-1-3-6-19/h1-13,15-16H,14,17H2,(H,29,32)/b12-9+. The van der Waals surface area contributed by atoms with Crippen LogP contribution in [0.2, 0.25) is 0 Å². The van der Waals surface area contributed by atoms with Gasteiger partial charge in [0.05, 0.1) is 17.8 Å². The molecule has 0 saturated heterocycles. The zero-order valence-electron chi connectivity index (χ0n) is 17.4. The molecule has 0 aliphatic rings. The molecule has 0 unspecified atom stereocenters. The number of halogens is 3. The highest BCUT2D eigenvalue weighted by Gasteiger charge is 2.30. The van der Waals surface area contributed by atoms with Gasteiger partial charge in [0.1, 0.15) is 18.0 Å². The molecule has 0 bridgehead atoms. The number of aromatic nitrogens is 2. The molecular formula is C25H20F3N3O2. The van der Waals surface area contributed by atoms with Crippen molar-refractivity contribution in [3.8, 4) is 5.75 Å². The summed E-state index contributed by atoms with van der Waals surface area (Å²) in [6, 6.07) is 19.4. The monoisotopic (exact) mass is 451 g/mol. The lowest BCUT2D eigenvalue weighted by Gasteiger charge is -2.07. The minimum absolute atomic E-state index is 0.0897. The van der Waals surface area contributed by atoms with Crippen LogP contribution in [0.25, 0.3) is 11.7 Å². The molecule has 0 fully saturated rings. The van der Waals surface area contributed by atoms with Crippen LogP contribution in [0.4, 0.5) is 13.2 Å². The molecule has 2 aromatic heterocycles. The van der Waals surface area contributed by atoms with Crippen LogP contribution >= 0.6 is 0 Å². The molecule has 0 saturated carbocycles. The first-order valence-corrected chi connectivity index (χ1v) is 10.1. The number of carbonyl (C=O) groups excluding carboxylic acids is 1. The number of rotatable bonds is 7. The number of hydrogen-bond donors (Lipinski definition) is 1. The molecule has 1 amide bonds. The van der Waals surface area contributed by atoms with Gasteiger partial charge >= 0.3 is 6.18 Å². The summed E-state index contributed by atoms with van der Waals surface area (Å²) in [5.74, 6) is 0.336. The first-order valence-electron chi connectivity index (χ1n) is 10.1. The summed E-state index contributed by atoms with van der Waals surface area (Å²) in [7, 11) is 0. The topological polar surface area (TPSA) is 55.6 Å². The van der Waals surface area contributed by atoms with E-state index >= 15 is 0 Å². The Morgan fingerprint density at radius 2 is 1.85 bits per heavy atom. The number of amides is 1. The Labute approximate surface area is 188 Å². The van der Waals surface area contributed by atoms with E-state index < -0.39 is 11.7 Å². The minimum atomic E-state index is -4.43. The molecule has 4 rings (SSSR count). The second-order valence-corrected chi connectivity index (χ2v) is 7.31. The van der Waals surface area contributed by atoms with Crippen LogP contribution in [0.15, 0.2) is 85.2 Å². The van der Waals surface area contributed by atoms with Crippen LogP contribution in [0.1, 0.15) is 22.4 Å². The van der Waals surface area contributed by atoms with E-state index in [2.05, 4.69) is 10.3 Å². The van der Waals surface area contributed by atoms with Gasteiger partial charge in [-0.25, -0.2) is 4.98 Å². The molecule has 0 atom stereocenters. The molecule has 0 radical (unpaired) electrons. The molecule has 0 aliphatic heterocycles. The number of nitrogens with zero attached hydrogens (tertiary/aromatic N) is 2. The highest BCUT2D eigenvalue weighted by Crippen LogP contribution is 2.29. The normalized spacial score (nSPS) is 11.7. The maximum atomic E-state index is 12.8. The summed E-state index contributed by atoms with van der Waals surface area (Å²) in [5, 5.41) is 2.68. The Kier molecular flexibility index (Phi) is 6.44. The number of benzene rings is 2. The van der Waals surface area contributed by atoms with Crippen LogP contribution in [-0.2, 0) is 24.1 Å². The summed E-state index contributed by atoms with van der Waals surface area (Å²) >= 11 is 0. The second-order valence-electron chi connectivity index (χ2n) is 7.31. The van der Waals surface area contributed by atoms with Crippen molar-refractivity contribution in [1.82, 2.24) is 14.7 Å². The van der Waals surface area contributed by atoms with Gasteiger partial charge in [-0.15, -0.1) is 0 Å². The van der Waals surface area contributed by atoms with Gasteiger partial charge in [-0.3, -0.25) is 4.79 Å². The summed E-state index contributed by atoms with van der Waals surface area (Å²) in [5.41, 5.74) is 1.91. The van der Waals surface area contributed by atoms with Crippen molar-refractivity contribution in [3.05, 3.63) is 108 Å². The van der Waals surface area contributed by atoms with E-state index in [4.69, 9.17) is 4.74 Å². The molecule has 4 aromatic rings. The van der Waals surface area contributed by atoms with Crippen molar-refractivity contribution in [3.63, 3.8) is 0 Å². The van der Waals surface area contributed by atoms with Gasteiger partial charge in [0.2, 0.25) is 5.91 Å². The highest BCUT2D eigenvalue weighted by atomic mass is 19.4. The maximum Gasteiger partial charge on any atom is 0.417 e. The fraction of sp³-hybridized carbons (Fsp3) is 0.120. The summed E-state index contributed by atoms with van der Waals surface area (Å²) < 4.78 is 45.6. The van der Waals surface area contributed by atoms with E-state index in [-0.39, 0.29) is 12.5 Å². The molecule has 0 aliphatic carbocycles. The van der Waals surface area contributed by atoms with E-state index in [9.17, 15) is 18.0 Å². The molecule has 1 N–H and O–H groups in total. The number of carbonyl (C=O) groups is 1. The molecule has 5 nitrogen and oxygen atoms in total. The number of fused-ring (bicyclic) bond motifs is 1. The average molecular weight is 451 g/mol. The lowest BCUT2D eigenvalue weighted by atomic mass is 10.2. The Morgan fingerprint density at radius 3 is 2.64 bits per heavy atom. The number of alkyl halides is 3. The number of pyridine rings is 1. The minimum Gasteiger partial charge on any atom is -0.489 e. The number of hydrogen-bond acceptors (Lipinski definition) is 3. The van der Waals surface area contributed by atoms with E-state index in [0.29, 0.717) is 23.7 Å². The second kappa shape index (κ2) is 9.60. The summed E-state index contributed by atoms with van der Waals surface area (Å²) in [6.07, 6.45) is 1.04. The van der Waals surface area contributed by atoms with E-state index in [1.165, 1.54) is 22.7 Å². The quantitative estimate of drug-likeness (QED) is 0.390. The zero-order valence-corrected chi connectivity index (χ0v) is 17.4. The number of imidazole rings is 1. The largest absolute Gasteiger partial charge is 0.489 e. The Hall–Kier alpha value is -4.07. The van der Waals surface area contributed by atoms with Crippen molar-refractivity contribution >= 4 is 17.6 Å². The van der Waals surface area contributed by atoms with Crippen molar-refractivity contribution in [2.24, 2.45) is 0 Å². The van der Waals surface area contributed by atoms with Crippen molar-refractivity contribution in [1.29, 1.82) is 0 Å². The van der Waals surface area contributed by atoms with Crippen molar-refractivity contribution in [2.75, 3.05) is 0 Å². The number of nitrogens with one attached hydrogen (secondary N) is 1. The highest BCUT2D eigenvalue weighted by molar-refractivity contribution is 5.91. The third-order valence-electron chi connectivity index (χ3n) is 4.81. The predicted molar refractivity (Wildman–Crippen MR) is 118 cm³/mol. The van der Waals surface area contributed by atoms with Gasteiger partial charge in [0.15, 0.2) is 0 Å². The fourth-order valence-corrected chi connectivity index (χ4v) is 3.15. The maximum absolute atomic E-state index is 12.8.